The molecule has 0 aromatic carbocycles. The number of hydrogen-bond donors (Lipinski definition) is 4. The maximum absolute atomic E-state index is 10.7. The van der Waals surface area contributed by atoms with Gasteiger partial charge in [-0.2, -0.15) is 0 Å². The summed E-state index contributed by atoms with van der Waals surface area (Å²) in [6.45, 7) is -0.689. The van der Waals surface area contributed by atoms with Crippen LogP contribution in [-0.2, 0) is 14.8 Å². The van der Waals surface area contributed by atoms with Crippen LogP contribution in [-0.4, -0.2) is 44.4 Å². The lowest BCUT2D eigenvalue weighted by Crippen LogP contribution is -2.40. The summed E-state index contributed by atoms with van der Waals surface area (Å²) in [5.74, 6) is -1.58. The van der Waals surface area contributed by atoms with Crippen LogP contribution in [0.1, 0.15) is 0 Å². The highest BCUT2D eigenvalue weighted by Gasteiger charge is 2.05. The van der Waals surface area contributed by atoms with Crippen molar-refractivity contribution >= 4 is 22.0 Å². The normalized spacial score (nSPS) is 10.6. The smallest absolute Gasteiger partial charge is 0.323 e. The molecule has 0 rings (SSSR count). The number of urea groups is 1. The van der Waals surface area contributed by atoms with E-state index in [1.165, 1.54) is 0 Å². The Morgan fingerprint density at radius 2 is 1.86 bits per heavy atom. The maximum atomic E-state index is 10.7. The fourth-order valence-corrected chi connectivity index (χ4v) is 0.912. The van der Waals surface area contributed by atoms with E-state index in [1.54, 1.807) is 0 Å². The number of amides is 2. The number of aliphatic carboxylic acids is 1. The minimum atomic E-state index is -3.61. The van der Waals surface area contributed by atoms with Crippen molar-refractivity contribution in [2.75, 3.05) is 18.8 Å². The molecule has 9 heteroatoms. The van der Waals surface area contributed by atoms with Crippen molar-refractivity contribution in [1.29, 1.82) is 0 Å². The largest absolute Gasteiger partial charge is 0.480 e. The second-order valence-electron chi connectivity index (χ2n) is 2.37. The Kier molecular flexibility index (Phi) is 4.87. The minimum Gasteiger partial charge on any atom is -0.480 e. The van der Waals surface area contributed by atoms with E-state index in [9.17, 15) is 18.0 Å². The second kappa shape index (κ2) is 5.40. The highest BCUT2D eigenvalue weighted by atomic mass is 32.2. The average Bonchev–Trinajstić information content (AvgIpc) is 1.98. The zero-order valence-electron chi connectivity index (χ0n) is 7.19. The van der Waals surface area contributed by atoms with Crippen LogP contribution in [0.4, 0.5) is 4.79 Å². The van der Waals surface area contributed by atoms with E-state index in [0.717, 1.165) is 0 Å². The van der Waals surface area contributed by atoms with E-state index in [4.69, 9.17) is 5.11 Å². The van der Waals surface area contributed by atoms with Gasteiger partial charge in [0.05, 0.1) is 5.75 Å². The van der Waals surface area contributed by atoms with Crippen molar-refractivity contribution in [3.05, 3.63) is 0 Å². The summed E-state index contributed by atoms with van der Waals surface area (Å²) in [4.78, 5) is 20.7. The van der Waals surface area contributed by atoms with Crippen LogP contribution < -0.4 is 15.8 Å². The van der Waals surface area contributed by atoms with Gasteiger partial charge in [0.2, 0.25) is 10.0 Å². The first-order valence-corrected chi connectivity index (χ1v) is 5.27. The lowest BCUT2D eigenvalue weighted by Gasteiger charge is -2.04. The molecule has 0 bridgehead atoms. The number of sulfonamides is 1. The number of nitrogens with one attached hydrogen (secondary N) is 2. The lowest BCUT2D eigenvalue weighted by atomic mass is 10.6. The molecule has 0 aliphatic rings. The van der Waals surface area contributed by atoms with Crippen molar-refractivity contribution < 1.29 is 23.1 Å². The van der Waals surface area contributed by atoms with E-state index in [2.05, 4.69) is 10.5 Å². The Bertz CT molecular complexity index is 311. The van der Waals surface area contributed by atoms with Gasteiger partial charge in [-0.25, -0.2) is 18.4 Å². The third-order valence-corrected chi connectivity index (χ3v) is 1.85. The van der Waals surface area contributed by atoms with E-state index in [1.807, 2.05) is 5.32 Å². The van der Waals surface area contributed by atoms with Crippen LogP contribution in [0, 0.1) is 0 Å². The van der Waals surface area contributed by atoms with Crippen molar-refractivity contribution in [2.45, 2.75) is 0 Å². The number of hydrogen-bond acceptors (Lipinski definition) is 4. The van der Waals surface area contributed by atoms with Crippen LogP contribution in [0.5, 0.6) is 0 Å². The van der Waals surface area contributed by atoms with Crippen molar-refractivity contribution in [2.24, 2.45) is 5.14 Å². The number of carboxylic acid groups (broad SMARTS) is 1. The van der Waals surface area contributed by atoms with Crippen LogP contribution in [0.25, 0.3) is 0 Å². The zero-order chi connectivity index (χ0) is 11.2. The van der Waals surface area contributed by atoms with Gasteiger partial charge in [-0.05, 0) is 0 Å². The molecule has 0 fully saturated rings. The molecular formula is C5H11N3O5S. The Balaban J connectivity index is 3.60. The van der Waals surface area contributed by atoms with Crippen molar-refractivity contribution in [3.63, 3.8) is 0 Å². The number of carbonyl (C=O) groups excluding carboxylic acids is 1. The number of rotatable bonds is 5. The summed E-state index contributed by atoms with van der Waals surface area (Å²) < 4.78 is 20.8. The van der Waals surface area contributed by atoms with Crippen molar-refractivity contribution in [3.8, 4) is 0 Å². The van der Waals surface area contributed by atoms with Crippen LogP contribution in [0.3, 0.4) is 0 Å². The molecule has 0 radical (unpaired) electrons. The number of primary sulfonamides is 1. The number of carbonyl (C=O) groups is 2. The monoisotopic (exact) mass is 225 g/mol. The first-order valence-electron chi connectivity index (χ1n) is 3.55. The topological polar surface area (TPSA) is 139 Å². The summed E-state index contributed by atoms with van der Waals surface area (Å²) in [6.07, 6.45) is 0. The van der Waals surface area contributed by atoms with Gasteiger partial charge in [0.15, 0.2) is 0 Å². The molecule has 0 saturated heterocycles. The Morgan fingerprint density at radius 3 is 2.29 bits per heavy atom. The second-order valence-corrected chi connectivity index (χ2v) is 4.10. The van der Waals surface area contributed by atoms with Crippen molar-refractivity contribution in [1.82, 2.24) is 10.6 Å². The molecule has 0 spiro atoms. The molecule has 0 unspecified atom stereocenters. The van der Waals surface area contributed by atoms with Gasteiger partial charge in [-0.15, -0.1) is 0 Å². The third-order valence-electron chi connectivity index (χ3n) is 1.07. The first kappa shape index (κ1) is 12.7. The third kappa shape index (κ3) is 8.74. The lowest BCUT2D eigenvalue weighted by molar-refractivity contribution is -0.135. The molecular weight excluding hydrogens is 214 g/mol. The highest BCUT2D eigenvalue weighted by molar-refractivity contribution is 7.89. The Labute approximate surface area is 80.5 Å². The summed E-state index contributed by atoms with van der Waals surface area (Å²) in [7, 11) is -3.61. The van der Waals surface area contributed by atoms with E-state index >= 15 is 0 Å². The van der Waals surface area contributed by atoms with Crippen LogP contribution in [0.15, 0.2) is 0 Å². The molecule has 0 aromatic rings. The minimum absolute atomic E-state index is 0.162. The summed E-state index contributed by atoms with van der Waals surface area (Å²) in [6, 6.07) is -0.754. The predicted molar refractivity (Wildman–Crippen MR) is 47.0 cm³/mol. The summed E-state index contributed by atoms with van der Waals surface area (Å²) in [5, 5.41) is 16.9. The number of carboxylic acids is 1. The first-order chi connectivity index (χ1) is 6.31. The van der Waals surface area contributed by atoms with Gasteiger partial charge >= 0.3 is 12.0 Å². The number of nitrogens with two attached hydrogens (primary N) is 1. The Morgan fingerprint density at radius 1 is 1.29 bits per heavy atom. The van der Waals surface area contributed by atoms with Gasteiger partial charge < -0.3 is 15.7 Å². The average molecular weight is 225 g/mol. The molecule has 0 aliphatic carbocycles. The SMILES string of the molecule is NS(=O)(=O)CCNC(=O)NCC(=O)O. The maximum Gasteiger partial charge on any atom is 0.323 e. The van der Waals surface area contributed by atoms with Gasteiger partial charge in [0.1, 0.15) is 6.54 Å². The van der Waals surface area contributed by atoms with Crippen LogP contribution >= 0.6 is 0 Å². The summed E-state index contributed by atoms with van der Waals surface area (Å²) >= 11 is 0. The molecule has 0 aromatic heterocycles. The fourth-order valence-electron chi connectivity index (χ4n) is 0.525. The predicted octanol–water partition coefficient (Wildman–Crippen LogP) is -2.34. The standard InChI is InChI=1S/C5H11N3O5S/c6-14(12,13)2-1-7-5(11)8-3-4(9)10/h1-3H2,(H,9,10)(H2,6,12,13)(H2,7,8,11). The molecule has 5 N–H and O–H groups in total. The molecule has 2 amide bonds. The van der Waals surface area contributed by atoms with Gasteiger partial charge in [-0.3, -0.25) is 4.79 Å². The zero-order valence-corrected chi connectivity index (χ0v) is 8.00. The molecule has 0 atom stereocenters. The molecule has 0 heterocycles. The quantitative estimate of drug-likeness (QED) is 0.415. The summed E-state index contributed by atoms with van der Waals surface area (Å²) in [5.41, 5.74) is 0. The molecule has 8 nitrogen and oxygen atoms in total. The molecule has 14 heavy (non-hydrogen) atoms. The van der Waals surface area contributed by atoms with E-state index in [-0.39, 0.29) is 6.54 Å². The van der Waals surface area contributed by atoms with E-state index in [0.29, 0.717) is 0 Å². The fraction of sp³-hybridized carbons (Fsp3) is 0.600. The van der Waals surface area contributed by atoms with Gasteiger partial charge in [-0.1, -0.05) is 0 Å². The van der Waals surface area contributed by atoms with Crippen LogP contribution in [0.2, 0.25) is 0 Å². The highest BCUT2D eigenvalue weighted by Crippen LogP contribution is 1.74. The molecule has 0 saturated carbocycles. The Hall–Kier alpha value is -1.35. The molecule has 0 aliphatic heterocycles. The van der Waals surface area contributed by atoms with Gasteiger partial charge in [0, 0.05) is 6.54 Å². The van der Waals surface area contributed by atoms with Gasteiger partial charge in [0.25, 0.3) is 0 Å². The molecule has 82 valence electrons. The van der Waals surface area contributed by atoms with E-state index < -0.39 is 34.3 Å².